The van der Waals surface area contributed by atoms with Crippen LogP contribution in [0.25, 0.3) is 38.6 Å². The highest BCUT2D eigenvalue weighted by atomic mass is 28.3. The summed E-state index contributed by atoms with van der Waals surface area (Å²) in [5.74, 6) is 0. The second-order valence-corrected chi connectivity index (χ2v) is 15.4. The average molecular weight is 603 g/mol. The molecule has 46 heavy (non-hydrogen) atoms. The first-order chi connectivity index (χ1) is 22.8. The molecule has 0 amide bonds. The molecule has 0 bridgehead atoms. The van der Waals surface area contributed by atoms with Crippen molar-refractivity contribution in [3.63, 3.8) is 0 Å². The first kappa shape index (κ1) is 27.6. The molecule has 3 heteroatoms. The van der Waals surface area contributed by atoms with Crippen LogP contribution in [-0.2, 0) is 0 Å². The van der Waals surface area contributed by atoms with E-state index in [0.717, 1.165) is 16.8 Å². The van der Waals surface area contributed by atoms with E-state index in [2.05, 4.69) is 193 Å². The zero-order chi connectivity index (χ0) is 30.9. The molecule has 0 saturated heterocycles. The Bertz CT molecular complexity index is 2220. The number of nitriles is 1. The summed E-state index contributed by atoms with van der Waals surface area (Å²) in [5.41, 5.74) is 6.04. The number of nitrogens with zero attached hydrogens (tertiary/aromatic N) is 2. The summed E-state index contributed by atoms with van der Waals surface area (Å²) >= 11 is 0. The van der Waals surface area contributed by atoms with Crippen molar-refractivity contribution >= 4 is 50.6 Å². The molecule has 2 nitrogen and oxygen atoms in total. The minimum Gasteiger partial charge on any atom is -0.309 e. The van der Waals surface area contributed by atoms with E-state index in [9.17, 15) is 5.26 Å². The summed E-state index contributed by atoms with van der Waals surface area (Å²) in [4.78, 5) is 0. The Hall–Kier alpha value is -5.95. The zero-order valence-corrected chi connectivity index (χ0v) is 26.2. The molecule has 0 radical (unpaired) electrons. The summed E-state index contributed by atoms with van der Waals surface area (Å²) in [5, 5.41) is 18.2. The maximum Gasteiger partial charge on any atom is 0.179 e. The van der Waals surface area contributed by atoms with E-state index in [4.69, 9.17) is 0 Å². The molecule has 1 aromatic heterocycles. The molecule has 8 aromatic rings. The molecular formula is C43H30N2Si. The van der Waals surface area contributed by atoms with Crippen molar-refractivity contribution in [2.24, 2.45) is 0 Å². The molecule has 0 aliphatic heterocycles. The molecule has 7 aromatic carbocycles. The lowest BCUT2D eigenvalue weighted by Gasteiger charge is -2.34. The Balaban J connectivity index is 1.34. The van der Waals surface area contributed by atoms with Crippen LogP contribution in [0.5, 0.6) is 0 Å². The van der Waals surface area contributed by atoms with Gasteiger partial charge in [0.1, 0.15) is 0 Å². The summed E-state index contributed by atoms with van der Waals surface area (Å²) < 4.78 is 2.33. The van der Waals surface area contributed by atoms with E-state index >= 15 is 0 Å². The van der Waals surface area contributed by atoms with Crippen LogP contribution in [0.3, 0.4) is 0 Å². The van der Waals surface area contributed by atoms with Gasteiger partial charge in [0.2, 0.25) is 0 Å². The maximum absolute atomic E-state index is 10.7. The Morgan fingerprint density at radius 3 is 1.46 bits per heavy atom. The lowest BCUT2D eigenvalue weighted by Crippen LogP contribution is -2.74. The third-order valence-corrected chi connectivity index (χ3v) is 14.0. The molecule has 1 heterocycles. The fraction of sp³-hybridized carbons (Fsp3) is 0. The van der Waals surface area contributed by atoms with Gasteiger partial charge in [0.25, 0.3) is 0 Å². The fourth-order valence-corrected chi connectivity index (χ4v) is 12.0. The van der Waals surface area contributed by atoms with Crippen LogP contribution in [0.2, 0.25) is 0 Å². The molecule has 0 unspecified atom stereocenters. The number of fused-ring (bicyclic) bond motifs is 3. The number of aromatic nitrogens is 1. The van der Waals surface area contributed by atoms with Gasteiger partial charge < -0.3 is 4.57 Å². The highest BCUT2D eigenvalue weighted by Gasteiger charge is 2.41. The summed E-state index contributed by atoms with van der Waals surface area (Å²) in [6.07, 6.45) is 0. The first-order valence-corrected chi connectivity index (χ1v) is 17.6. The van der Waals surface area contributed by atoms with Crippen molar-refractivity contribution in [2.45, 2.75) is 0 Å². The van der Waals surface area contributed by atoms with Crippen LogP contribution < -0.4 is 20.7 Å². The first-order valence-electron chi connectivity index (χ1n) is 15.6. The fourth-order valence-electron chi connectivity index (χ4n) is 7.20. The number of benzene rings is 7. The quantitative estimate of drug-likeness (QED) is 0.142. The summed E-state index contributed by atoms with van der Waals surface area (Å²) in [6, 6.07) is 67.4. The second-order valence-electron chi connectivity index (χ2n) is 11.6. The van der Waals surface area contributed by atoms with Crippen LogP contribution >= 0.6 is 0 Å². The van der Waals surface area contributed by atoms with Crippen molar-refractivity contribution in [2.75, 3.05) is 0 Å². The SMILES string of the molecule is N#Cc1cc([Si](c2ccccc2)(c2ccccc2)c2ccccc2)ccc1-c1cccc(-n2c3ccccc3c3ccccc32)c1. The summed E-state index contributed by atoms with van der Waals surface area (Å²) in [6.45, 7) is 0. The topological polar surface area (TPSA) is 28.7 Å². The Kier molecular flexibility index (Phi) is 6.91. The van der Waals surface area contributed by atoms with Crippen LogP contribution in [0.1, 0.15) is 5.56 Å². The smallest absolute Gasteiger partial charge is 0.179 e. The van der Waals surface area contributed by atoms with Crippen LogP contribution in [0.15, 0.2) is 182 Å². The lowest BCUT2D eigenvalue weighted by atomic mass is 10.00. The highest BCUT2D eigenvalue weighted by molar-refractivity contribution is 7.19. The predicted octanol–water partition coefficient (Wildman–Crippen LogP) is 7.70. The van der Waals surface area contributed by atoms with E-state index in [1.54, 1.807) is 0 Å². The van der Waals surface area contributed by atoms with E-state index in [-0.39, 0.29) is 0 Å². The highest BCUT2D eigenvalue weighted by Crippen LogP contribution is 2.33. The minimum absolute atomic E-state index is 0.677. The molecule has 0 saturated carbocycles. The van der Waals surface area contributed by atoms with Gasteiger partial charge in [0, 0.05) is 16.5 Å². The van der Waals surface area contributed by atoms with Crippen molar-refractivity contribution in [1.29, 1.82) is 5.26 Å². The Morgan fingerprint density at radius 2 is 0.935 bits per heavy atom. The number of hydrogen-bond acceptors (Lipinski definition) is 1. The van der Waals surface area contributed by atoms with Gasteiger partial charge in [-0.2, -0.15) is 5.26 Å². The molecule has 0 fully saturated rings. The largest absolute Gasteiger partial charge is 0.309 e. The Labute approximate surface area is 270 Å². The molecule has 0 aliphatic rings. The minimum atomic E-state index is -2.74. The van der Waals surface area contributed by atoms with Crippen molar-refractivity contribution in [3.8, 4) is 22.9 Å². The molecule has 216 valence electrons. The van der Waals surface area contributed by atoms with E-state index in [1.165, 1.54) is 42.6 Å². The molecule has 0 N–H and O–H groups in total. The van der Waals surface area contributed by atoms with E-state index < -0.39 is 8.07 Å². The summed E-state index contributed by atoms with van der Waals surface area (Å²) in [7, 11) is -2.74. The second kappa shape index (κ2) is 11.5. The van der Waals surface area contributed by atoms with Gasteiger partial charge in [-0.05, 0) is 62.2 Å². The van der Waals surface area contributed by atoms with Crippen molar-refractivity contribution in [1.82, 2.24) is 4.57 Å². The Morgan fingerprint density at radius 1 is 0.435 bits per heavy atom. The van der Waals surface area contributed by atoms with Gasteiger partial charge in [-0.15, -0.1) is 0 Å². The molecule has 0 aliphatic carbocycles. The average Bonchev–Trinajstić information content (AvgIpc) is 3.48. The van der Waals surface area contributed by atoms with Crippen LogP contribution in [-0.4, -0.2) is 12.6 Å². The van der Waals surface area contributed by atoms with Gasteiger partial charge in [0.05, 0.1) is 22.7 Å². The molecule has 0 atom stereocenters. The number of para-hydroxylation sites is 2. The van der Waals surface area contributed by atoms with Crippen LogP contribution in [0.4, 0.5) is 0 Å². The molecule has 8 rings (SSSR count). The normalized spacial score (nSPS) is 11.5. The zero-order valence-electron chi connectivity index (χ0n) is 25.2. The molecule has 0 spiro atoms. The van der Waals surface area contributed by atoms with Gasteiger partial charge in [0.15, 0.2) is 8.07 Å². The van der Waals surface area contributed by atoms with E-state index in [0.29, 0.717) is 5.56 Å². The third kappa shape index (κ3) is 4.39. The molecular weight excluding hydrogens is 573 g/mol. The lowest BCUT2D eigenvalue weighted by molar-refractivity contribution is 1.18. The maximum atomic E-state index is 10.7. The van der Waals surface area contributed by atoms with Crippen LogP contribution in [0, 0.1) is 11.3 Å². The monoisotopic (exact) mass is 602 g/mol. The standard InChI is InChI=1S/C43H30N2Si/c44-31-33-30-38(46(35-17-4-1-5-18-35,36-19-6-2-7-20-36)37-21-8-3-9-22-37)27-28-39(33)32-15-14-16-34(29-32)45-42-25-12-10-23-40(42)41-24-11-13-26-43(41)45/h1-30H. The van der Waals surface area contributed by atoms with Gasteiger partial charge in [-0.3, -0.25) is 0 Å². The van der Waals surface area contributed by atoms with Gasteiger partial charge in [-0.25, -0.2) is 0 Å². The predicted molar refractivity (Wildman–Crippen MR) is 195 cm³/mol. The number of hydrogen-bond donors (Lipinski definition) is 0. The van der Waals surface area contributed by atoms with Gasteiger partial charge in [-0.1, -0.05) is 152 Å². The van der Waals surface area contributed by atoms with Crippen molar-refractivity contribution < 1.29 is 0 Å². The van der Waals surface area contributed by atoms with Gasteiger partial charge >= 0.3 is 0 Å². The third-order valence-electron chi connectivity index (χ3n) is 9.19. The number of rotatable bonds is 6. The van der Waals surface area contributed by atoms with Crippen molar-refractivity contribution in [3.05, 3.63) is 188 Å². The van der Waals surface area contributed by atoms with E-state index in [1.807, 2.05) is 0 Å².